The molecule has 2 N–H and O–H groups in total. The van der Waals surface area contributed by atoms with Gasteiger partial charge < -0.3 is 24.6 Å². The van der Waals surface area contributed by atoms with E-state index < -0.39 is 18.1 Å². The molecule has 0 bridgehead atoms. The second-order valence-corrected chi connectivity index (χ2v) is 15.9. The van der Waals surface area contributed by atoms with Gasteiger partial charge in [-0.3, -0.25) is 14.7 Å². The van der Waals surface area contributed by atoms with Crippen LogP contribution in [0, 0.1) is 13.8 Å². The third-order valence-corrected chi connectivity index (χ3v) is 11.8. The molecule has 0 radical (unpaired) electrons. The van der Waals surface area contributed by atoms with Gasteiger partial charge in [0.25, 0.3) is 0 Å². The van der Waals surface area contributed by atoms with Crippen molar-refractivity contribution in [2.24, 2.45) is 0 Å². The molecule has 6 aromatic rings. The number of carboxylic acid groups (broad SMARTS) is 1. The summed E-state index contributed by atoms with van der Waals surface area (Å²) >= 11 is 12.2. The van der Waals surface area contributed by atoms with Crippen molar-refractivity contribution in [2.75, 3.05) is 6.61 Å². The van der Waals surface area contributed by atoms with Gasteiger partial charge in [-0.25, -0.2) is 4.79 Å². The number of amides is 1. The maximum Gasteiger partial charge on any atom is 0.326 e. The summed E-state index contributed by atoms with van der Waals surface area (Å²) in [6.07, 6.45) is 3.76. The molecule has 3 unspecified atom stereocenters. The lowest BCUT2D eigenvalue weighted by atomic mass is 9.91. The molecule has 0 fully saturated rings. The molecule has 0 spiro atoms. The topological polar surface area (TPSA) is 110 Å². The van der Waals surface area contributed by atoms with Crippen molar-refractivity contribution in [3.8, 4) is 28.4 Å². The predicted molar refractivity (Wildman–Crippen MR) is 228 cm³/mol. The van der Waals surface area contributed by atoms with Crippen LogP contribution in [0.4, 0.5) is 0 Å². The molecule has 0 saturated heterocycles. The van der Waals surface area contributed by atoms with E-state index in [2.05, 4.69) is 34.3 Å². The van der Waals surface area contributed by atoms with Crippen LogP contribution < -0.4 is 19.5 Å². The van der Waals surface area contributed by atoms with Crippen molar-refractivity contribution >= 4 is 35.1 Å². The highest BCUT2D eigenvalue weighted by molar-refractivity contribution is 6.42. The number of carboxylic acids is 1. The van der Waals surface area contributed by atoms with Crippen LogP contribution in [0.15, 0.2) is 122 Å². The zero-order chi connectivity index (χ0) is 41.0. The molecule has 300 valence electrons. The number of fused-ring (bicyclic) bond motifs is 2. The van der Waals surface area contributed by atoms with Gasteiger partial charge in [-0.15, -0.1) is 0 Å². The van der Waals surface area contributed by atoms with Crippen molar-refractivity contribution < 1.29 is 28.9 Å². The number of halogens is 2. The number of carbonyl (C=O) groups is 2. The number of rotatable bonds is 12. The Hall–Kier alpha value is -5.87. The van der Waals surface area contributed by atoms with E-state index >= 15 is 0 Å². The monoisotopic (exact) mass is 827 g/mol. The first-order valence-corrected chi connectivity index (χ1v) is 20.3. The Balaban J connectivity index is 0.974. The van der Waals surface area contributed by atoms with Crippen LogP contribution in [0.3, 0.4) is 0 Å². The lowest BCUT2D eigenvalue weighted by Crippen LogP contribution is -2.54. The number of nitrogens with one attached hydrogen (secondary N) is 1. The van der Waals surface area contributed by atoms with Crippen LogP contribution in [0.5, 0.6) is 17.2 Å². The van der Waals surface area contributed by atoms with Crippen LogP contribution in [0.1, 0.15) is 50.6 Å². The van der Waals surface area contributed by atoms with E-state index in [0.29, 0.717) is 60.0 Å². The van der Waals surface area contributed by atoms with E-state index in [1.54, 1.807) is 18.3 Å². The molecule has 5 aromatic carbocycles. The average molecular weight is 829 g/mol. The highest BCUT2D eigenvalue weighted by Crippen LogP contribution is 2.41. The number of aliphatic carboxylic acids is 1. The molecule has 3 heterocycles. The fourth-order valence-corrected chi connectivity index (χ4v) is 8.02. The second kappa shape index (κ2) is 17.5. The van der Waals surface area contributed by atoms with E-state index in [9.17, 15) is 14.7 Å². The number of carbonyl (C=O) groups excluding carboxylic acids is 1. The molecule has 3 atom stereocenters. The molecule has 2 aliphatic heterocycles. The van der Waals surface area contributed by atoms with Gasteiger partial charge in [-0.1, -0.05) is 89.9 Å². The molecule has 11 heteroatoms. The zero-order valence-electron chi connectivity index (χ0n) is 32.7. The highest BCUT2D eigenvalue weighted by Gasteiger charge is 2.36. The molecule has 9 nitrogen and oxygen atoms in total. The number of hydrogen-bond acceptors (Lipinski definition) is 7. The smallest absolute Gasteiger partial charge is 0.326 e. The summed E-state index contributed by atoms with van der Waals surface area (Å²) in [5, 5.41) is 14.2. The average Bonchev–Trinajstić information content (AvgIpc) is 3.24. The quantitative estimate of drug-likeness (QED) is 0.126. The summed E-state index contributed by atoms with van der Waals surface area (Å²) in [6, 6.07) is 33.3. The molecule has 0 saturated carbocycles. The molecular formula is C48H43Cl2N3O6. The number of ether oxygens (including phenoxy) is 3. The highest BCUT2D eigenvalue weighted by atomic mass is 35.5. The minimum Gasteiger partial charge on any atom is -0.489 e. The number of benzene rings is 5. The van der Waals surface area contributed by atoms with Gasteiger partial charge in [0.15, 0.2) is 17.6 Å². The van der Waals surface area contributed by atoms with Crippen molar-refractivity contribution in [3.05, 3.63) is 176 Å². The van der Waals surface area contributed by atoms with E-state index in [-0.39, 0.29) is 18.4 Å². The van der Waals surface area contributed by atoms with Crippen LogP contribution in [0.25, 0.3) is 11.1 Å². The van der Waals surface area contributed by atoms with Crippen molar-refractivity contribution in [2.45, 2.75) is 64.6 Å². The maximum absolute atomic E-state index is 14.2. The van der Waals surface area contributed by atoms with Crippen LogP contribution in [-0.4, -0.2) is 45.6 Å². The van der Waals surface area contributed by atoms with Gasteiger partial charge in [0.05, 0.1) is 16.1 Å². The van der Waals surface area contributed by atoms with E-state index in [0.717, 1.165) is 55.6 Å². The SMILES string of the molecule is Cc1ccccc1CN1Cc2cc3c(cc2CC1C(=O)NC(Cc1ccc(-c2ccncc2C)cc1)C(=O)O)OCC(c1ccc(OCc2ccc(Cl)c(Cl)c2)cc1)O3. The Morgan fingerprint density at radius 1 is 0.881 bits per heavy atom. The van der Waals surface area contributed by atoms with Crippen molar-refractivity contribution in [1.29, 1.82) is 0 Å². The molecule has 8 rings (SSSR count). The Morgan fingerprint density at radius 3 is 2.39 bits per heavy atom. The van der Waals surface area contributed by atoms with E-state index in [4.69, 9.17) is 37.4 Å². The van der Waals surface area contributed by atoms with Crippen LogP contribution in [-0.2, 0) is 42.1 Å². The fraction of sp³-hybridized carbons (Fsp3) is 0.229. The number of hydrogen-bond donors (Lipinski definition) is 2. The number of nitrogens with zero attached hydrogens (tertiary/aromatic N) is 2. The standard InChI is InChI=1S/C48H43Cl2N3O6/c1-29-5-3-4-6-35(29)25-53-26-37-23-45-44(58-28-46(59-45)34-12-14-38(15-13-34)57-27-32-9-16-40(49)41(50)19-32)22-36(37)21-43(53)47(54)52-42(48(55)56)20-31-7-10-33(11-8-31)39-17-18-51-24-30(39)2/h3-19,22-24,42-43,46H,20-21,25-28H2,1-2H3,(H,52,54)(H,55,56). The van der Waals surface area contributed by atoms with Gasteiger partial charge in [0, 0.05) is 31.9 Å². The summed E-state index contributed by atoms with van der Waals surface area (Å²) < 4.78 is 18.8. The summed E-state index contributed by atoms with van der Waals surface area (Å²) in [5.41, 5.74) is 9.99. The number of aromatic nitrogens is 1. The first-order valence-electron chi connectivity index (χ1n) is 19.5. The van der Waals surface area contributed by atoms with Crippen molar-refractivity contribution in [3.63, 3.8) is 0 Å². The largest absolute Gasteiger partial charge is 0.489 e. The number of pyridine rings is 1. The maximum atomic E-state index is 14.2. The van der Waals surface area contributed by atoms with Gasteiger partial charge in [0.2, 0.25) is 5.91 Å². The van der Waals surface area contributed by atoms with E-state index in [1.165, 1.54) is 0 Å². The Morgan fingerprint density at radius 2 is 1.64 bits per heavy atom. The number of aryl methyl sites for hydroxylation is 2. The Kier molecular flexibility index (Phi) is 11.9. The van der Waals surface area contributed by atoms with Crippen molar-refractivity contribution in [1.82, 2.24) is 15.2 Å². The first-order chi connectivity index (χ1) is 28.6. The Bertz CT molecular complexity index is 2490. The molecule has 0 aliphatic carbocycles. The zero-order valence-corrected chi connectivity index (χ0v) is 34.2. The minimum absolute atomic E-state index is 0.145. The van der Waals surface area contributed by atoms with Gasteiger partial charge in [-0.2, -0.15) is 0 Å². The van der Waals surface area contributed by atoms with Crippen LogP contribution in [0.2, 0.25) is 10.0 Å². The third kappa shape index (κ3) is 9.23. The lowest BCUT2D eigenvalue weighted by Gasteiger charge is -2.38. The predicted octanol–water partition coefficient (Wildman–Crippen LogP) is 9.50. The third-order valence-electron chi connectivity index (χ3n) is 11.1. The summed E-state index contributed by atoms with van der Waals surface area (Å²) in [4.78, 5) is 33.1. The van der Waals surface area contributed by atoms with Gasteiger partial charge in [-0.05, 0) is 118 Å². The van der Waals surface area contributed by atoms with Gasteiger partial charge in [0.1, 0.15) is 25.0 Å². The minimum atomic E-state index is -1.11. The molecule has 2 aliphatic rings. The molecule has 1 amide bonds. The second-order valence-electron chi connectivity index (χ2n) is 15.1. The normalized spacial score (nSPS) is 16.5. The first kappa shape index (κ1) is 39.9. The van der Waals surface area contributed by atoms with Gasteiger partial charge >= 0.3 is 5.97 Å². The summed E-state index contributed by atoms with van der Waals surface area (Å²) in [5.74, 6) is 0.532. The lowest BCUT2D eigenvalue weighted by molar-refractivity contribution is -0.142. The summed E-state index contributed by atoms with van der Waals surface area (Å²) in [7, 11) is 0. The molecule has 1 aromatic heterocycles. The molecule has 59 heavy (non-hydrogen) atoms. The van der Waals surface area contributed by atoms with Crippen LogP contribution >= 0.6 is 23.2 Å². The molecular weight excluding hydrogens is 785 g/mol. The Labute approximate surface area is 353 Å². The summed E-state index contributed by atoms with van der Waals surface area (Å²) in [6.45, 7) is 5.69. The fourth-order valence-electron chi connectivity index (χ4n) is 7.70. The van der Waals surface area contributed by atoms with E-state index in [1.807, 2.05) is 98.0 Å².